The van der Waals surface area contributed by atoms with Crippen LogP contribution in [0.5, 0.6) is 5.88 Å². The van der Waals surface area contributed by atoms with Gasteiger partial charge < -0.3 is 24.8 Å². The first-order valence-electron chi connectivity index (χ1n) is 12.0. The number of halogens is 6. The lowest BCUT2D eigenvalue weighted by molar-refractivity contribution is -0.193. The molecule has 2 aromatic heterocycles. The van der Waals surface area contributed by atoms with E-state index in [1.165, 1.54) is 0 Å². The Labute approximate surface area is 229 Å². The predicted octanol–water partition coefficient (Wildman–Crippen LogP) is 2.54. The fraction of sp³-hybridized carbons (Fsp3) is 0.565. The predicted molar refractivity (Wildman–Crippen MR) is 127 cm³/mol. The van der Waals surface area contributed by atoms with Gasteiger partial charge in [0, 0.05) is 38.3 Å². The zero-order valence-corrected chi connectivity index (χ0v) is 21.9. The van der Waals surface area contributed by atoms with Gasteiger partial charge in [0.2, 0.25) is 11.7 Å². The Kier molecular flexibility index (Phi) is 11.0. The fourth-order valence-electron chi connectivity index (χ4n) is 4.32. The average molecular weight is 599 g/mol. The number of aryl methyl sites for hydroxylation is 1. The highest BCUT2D eigenvalue weighted by atomic mass is 19.4. The summed E-state index contributed by atoms with van der Waals surface area (Å²) in [6, 6.07) is 4.04. The van der Waals surface area contributed by atoms with Crippen molar-refractivity contribution >= 4 is 17.8 Å². The third-order valence-electron chi connectivity index (χ3n) is 6.47. The van der Waals surface area contributed by atoms with E-state index < -0.39 is 24.3 Å². The Bertz CT molecular complexity index is 1190. The first kappa shape index (κ1) is 33.2. The number of alkyl halides is 6. The summed E-state index contributed by atoms with van der Waals surface area (Å²) >= 11 is 0. The number of carbonyl (C=O) groups is 3. The molecule has 1 fully saturated rings. The summed E-state index contributed by atoms with van der Waals surface area (Å²) in [6.45, 7) is 3.76. The molecule has 0 bridgehead atoms. The number of amides is 1. The Balaban J connectivity index is 0.000000349. The Hall–Kier alpha value is -3.96. The van der Waals surface area contributed by atoms with Gasteiger partial charge in [-0.2, -0.15) is 26.3 Å². The summed E-state index contributed by atoms with van der Waals surface area (Å²) in [4.78, 5) is 36.6. The molecule has 0 aliphatic carbocycles. The largest absolute Gasteiger partial charge is 0.490 e. The lowest BCUT2D eigenvalue weighted by Gasteiger charge is -2.44. The number of pyridine rings is 1. The van der Waals surface area contributed by atoms with E-state index in [0.717, 1.165) is 63.3 Å². The van der Waals surface area contributed by atoms with E-state index in [0.29, 0.717) is 11.7 Å². The van der Waals surface area contributed by atoms with Gasteiger partial charge in [0.05, 0.1) is 7.11 Å². The van der Waals surface area contributed by atoms with E-state index in [4.69, 9.17) is 24.5 Å². The van der Waals surface area contributed by atoms with Crippen molar-refractivity contribution in [2.75, 3.05) is 27.2 Å². The number of aliphatic carboxylic acids is 2. The van der Waals surface area contributed by atoms with Gasteiger partial charge in [0.25, 0.3) is 5.91 Å². The summed E-state index contributed by atoms with van der Waals surface area (Å²) in [5.74, 6) is -3.59. The zero-order valence-electron chi connectivity index (χ0n) is 21.9. The highest BCUT2D eigenvalue weighted by molar-refractivity contribution is 5.90. The molecule has 2 aliphatic rings. The number of hydrogen-bond donors (Lipinski definition) is 3. The molecule has 41 heavy (non-hydrogen) atoms. The molecule has 0 aromatic carbocycles. The van der Waals surface area contributed by atoms with Gasteiger partial charge in [-0.05, 0) is 43.8 Å². The molecule has 1 spiro atoms. The van der Waals surface area contributed by atoms with Crippen molar-refractivity contribution in [3.05, 3.63) is 35.5 Å². The number of carboxylic acids is 2. The molecule has 3 N–H and O–H groups in total. The third kappa shape index (κ3) is 9.29. The van der Waals surface area contributed by atoms with Gasteiger partial charge in [0.15, 0.2) is 0 Å². The van der Waals surface area contributed by atoms with E-state index in [2.05, 4.69) is 31.5 Å². The number of likely N-dealkylation sites (tertiary alicyclic amines) is 1. The summed E-state index contributed by atoms with van der Waals surface area (Å²) in [5, 5.41) is 25.2. The zero-order chi connectivity index (χ0) is 31.0. The quantitative estimate of drug-likeness (QED) is 0.447. The van der Waals surface area contributed by atoms with Crippen molar-refractivity contribution < 1.29 is 55.7 Å². The molecule has 0 atom stereocenters. The number of nitrogens with zero attached hydrogens (tertiary/aromatic N) is 5. The van der Waals surface area contributed by atoms with E-state index in [-0.39, 0.29) is 11.3 Å². The van der Waals surface area contributed by atoms with Gasteiger partial charge in [-0.15, -0.1) is 10.2 Å². The van der Waals surface area contributed by atoms with Gasteiger partial charge >= 0.3 is 24.3 Å². The SMILES string of the molecule is CNC(=O)c1nnc2n1CC1(CC2)CCN(Cc2cccnc2OC)CC1.O=C(O)C(F)(F)F.O=C(O)C(F)(F)F. The lowest BCUT2D eigenvalue weighted by Crippen LogP contribution is -2.44. The summed E-state index contributed by atoms with van der Waals surface area (Å²) in [6.07, 6.45) is -4.18. The summed E-state index contributed by atoms with van der Waals surface area (Å²) < 4.78 is 70.9. The third-order valence-corrected chi connectivity index (χ3v) is 6.47. The molecule has 0 radical (unpaired) electrons. The van der Waals surface area contributed by atoms with Crippen LogP contribution in [0, 0.1) is 5.41 Å². The van der Waals surface area contributed by atoms with Crippen molar-refractivity contribution in [3.63, 3.8) is 0 Å². The molecular formula is C23H28F6N6O6. The van der Waals surface area contributed by atoms with Crippen LogP contribution >= 0.6 is 0 Å². The second kappa shape index (κ2) is 13.6. The number of carboxylic acid groups (broad SMARTS) is 2. The molecule has 2 aromatic rings. The van der Waals surface area contributed by atoms with Crippen LogP contribution < -0.4 is 10.1 Å². The molecule has 1 saturated heterocycles. The number of nitrogens with one attached hydrogen (secondary N) is 1. The molecule has 0 unspecified atom stereocenters. The van der Waals surface area contributed by atoms with Crippen molar-refractivity contribution in [2.45, 2.75) is 51.1 Å². The highest BCUT2D eigenvalue weighted by Gasteiger charge is 2.40. The molecule has 0 saturated carbocycles. The number of aromatic nitrogens is 4. The maximum atomic E-state index is 12.1. The first-order valence-corrected chi connectivity index (χ1v) is 12.0. The van der Waals surface area contributed by atoms with Gasteiger partial charge in [-0.3, -0.25) is 9.69 Å². The number of carbonyl (C=O) groups excluding carboxylic acids is 1. The van der Waals surface area contributed by atoms with Gasteiger partial charge in [-0.25, -0.2) is 14.6 Å². The molecule has 18 heteroatoms. The van der Waals surface area contributed by atoms with E-state index >= 15 is 0 Å². The normalized spacial score (nSPS) is 16.3. The minimum Gasteiger partial charge on any atom is -0.481 e. The van der Waals surface area contributed by atoms with Crippen molar-refractivity contribution in [2.24, 2.45) is 5.41 Å². The molecule has 4 heterocycles. The van der Waals surface area contributed by atoms with Crippen molar-refractivity contribution in [1.29, 1.82) is 0 Å². The second-order valence-corrected chi connectivity index (χ2v) is 9.16. The van der Waals surface area contributed by atoms with Crippen LogP contribution in [0.4, 0.5) is 26.3 Å². The molecule has 12 nitrogen and oxygen atoms in total. The van der Waals surface area contributed by atoms with Crippen LogP contribution in [0.25, 0.3) is 0 Å². The number of rotatable bonds is 4. The minimum absolute atomic E-state index is 0.160. The number of ether oxygens (including phenoxy) is 1. The van der Waals surface area contributed by atoms with E-state index in [1.54, 1.807) is 20.4 Å². The van der Waals surface area contributed by atoms with Crippen LogP contribution in [0.15, 0.2) is 18.3 Å². The van der Waals surface area contributed by atoms with Gasteiger partial charge in [-0.1, -0.05) is 6.07 Å². The smallest absolute Gasteiger partial charge is 0.481 e. The van der Waals surface area contributed by atoms with Gasteiger partial charge in [0.1, 0.15) is 5.82 Å². The second-order valence-electron chi connectivity index (χ2n) is 9.16. The number of hydrogen-bond acceptors (Lipinski definition) is 8. The minimum atomic E-state index is -5.08. The highest BCUT2D eigenvalue weighted by Crippen LogP contribution is 2.41. The molecule has 228 valence electrons. The lowest BCUT2D eigenvalue weighted by atomic mass is 9.73. The molecule has 2 aliphatic heterocycles. The monoisotopic (exact) mass is 598 g/mol. The standard InChI is InChI=1S/C19H26N6O2.2C2HF3O2/c1-20-17(26)16-23-22-15-5-6-19(13-25(15)16)7-10-24(11-8-19)12-14-4-3-9-21-18(14)27-2;2*3-2(4,5)1(6)7/h3-4,9H,5-8,10-13H2,1-2H3,(H,20,26);2*(H,6,7). The Morgan fingerprint density at radius 1 is 1.02 bits per heavy atom. The molecule has 4 rings (SSSR count). The number of fused-ring (bicyclic) bond motifs is 1. The van der Waals surface area contributed by atoms with Crippen molar-refractivity contribution in [1.82, 2.24) is 30.0 Å². The number of piperidine rings is 1. The maximum absolute atomic E-state index is 12.1. The molecule has 1 amide bonds. The summed E-state index contributed by atoms with van der Waals surface area (Å²) in [5.41, 5.74) is 1.36. The Morgan fingerprint density at radius 2 is 1.59 bits per heavy atom. The van der Waals surface area contributed by atoms with Crippen LogP contribution in [-0.4, -0.2) is 92.3 Å². The number of methoxy groups -OCH3 is 1. The van der Waals surface area contributed by atoms with E-state index in [1.807, 2.05) is 10.6 Å². The van der Waals surface area contributed by atoms with E-state index in [9.17, 15) is 31.1 Å². The van der Waals surface area contributed by atoms with Crippen molar-refractivity contribution in [3.8, 4) is 5.88 Å². The Morgan fingerprint density at radius 3 is 2.07 bits per heavy atom. The first-order chi connectivity index (χ1) is 19.0. The van der Waals surface area contributed by atoms with Crippen LogP contribution in [0.2, 0.25) is 0 Å². The maximum Gasteiger partial charge on any atom is 0.490 e. The van der Waals surface area contributed by atoms with Crippen LogP contribution in [0.3, 0.4) is 0 Å². The topological polar surface area (TPSA) is 160 Å². The molecular weight excluding hydrogens is 570 g/mol. The fourth-order valence-corrected chi connectivity index (χ4v) is 4.32. The summed E-state index contributed by atoms with van der Waals surface area (Å²) in [7, 11) is 3.30. The van der Waals surface area contributed by atoms with Crippen LogP contribution in [0.1, 0.15) is 41.3 Å². The average Bonchev–Trinajstić information content (AvgIpc) is 3.32. The van der Waals surface area contributed by atoms with Crippen LogP contribution in [-0.2, 0) is 29.1 Å².